The molecule has 0 aliphatic heterocycles. The van der Waals surface area contributed by atoms with Gasteiger partial charge >= 0.3 is 0 Å². The third-order valence-corrected chi connectivity index (χ3v) is 6.41. The van der Waals surface area contributed by atoms with Crippen molar-refractivity contribution in [3.8, 4) is 0 Å². The van der Waals surface area contributed by atoms with Gasteiger partial charge in [0.15, 0.2) is 0 Å². The highest BCUT2D eigenvalue weighted by molar-refractivity contribution is 9.10. The van der Waals surface area contributed by atoms with Crippen LogP contribution in [0.4, 0.5) is 0 Å². The number of thiophene rings is 1. The Balaban J connectivity index is 1.88. The summed E-state index contributed by atoms with van der Waals surface area (Å²) in [6.45, 7) is 0. The van der Waals surface area contributed by atoms with E-state index in [2.05, 4.69) is 40.2 Å². The first-order valence-electron chi connectivity index (χ1n) is 5.33. The normalized spacial score (nSPS) is 19.6. The highest BCUT2D eigenvalue weighted by Gasteiger charge is 2.33. The molecule has 2 aromatic rings. The maximum absolute atomic E-state index is 6.55. The number of halogens is 3. The molecule has 1 aliphatic carbocycles. The van der Waals surface area contributed by atoms with E-state index in [0.717, 1.165) is 20.1 Å². The minimum Gasteiger partial charge on any atom is -0.126 e. The molecule has 0 saturated heterocycles. The molecule has 0 amide bonds. The molecule has 3 rings (SSSR count). The van der Waals surface area contributed by atoms with Gasteiger partial charge < -0.3 is 0 Å². The second-order valence-corrected chi connectivity index (χ2v) is 7.19. The lowest BCUT2D eigenvalue weighted by molar-refractivity contribution is 0.592. The fourth-order valence-corrected chi connectivity index (χ4v) is 4.46. The van der Waals surface area contributed by atoms with E-state index in [1.54, 1.807) is 11.3 Å². The van der Waals surface area contributed by atoms with Crippen LogP contribution in [0.5, 0.6) is 0 Å². The van der Waals surface area contributed by atoms with E-state index in [1.165, 1.54) is 11.1 Å². The molecule has 0 bridgehead atoms. The zero-order valence-electron chi connectivity index (χ0n) is 8.79. The van der Waals surface area contributed by atoms with E-state index in [-0.39, 0.29) is 5.38 Å². The van der Waals surface area contributed by atoms with Crippen molar-refractivity contribution < 1.29 is 0 Å². The fraction of sp³-hybridized carbons (Fsp3) is 0.231. The number of hydrogen-bond donors (Lipinski definition) is 0. The first kappa shape index (κ1) is 12.0. The Morgan fingerprint density at radius 2 is 2.12 bits per heavy atom. The van der Waals surface area contributed by atoms with Gasteiger partial charge in [-0.1, -0.05) is 35.9 Å². The van der Waals surface area contributed by atoms with Crippen molar-refractivity contribution in [2.75, 3.05) is 0 Å². The summed E-state index contributed by atoms with van der Waals surface area (Å²) in [5.74, 6) is 0.425. The number of alkyl halides is 1. The van der Waals surface area contributed by atoms with Crippen LogP contribution >= 0.6 is 50.5 Å². The maximum Gasteiger partial charge on any atom is 0.107 e. The Bertz CT molecular complexity index is 545. The molecule has 0 fully saturated rings. The van der Waals surface area contributed by atoms with Crippen molar-refractivity contribution >= 4 is 50.5 Å². The molecule has 88 valence electrons. The fourth-order valence-electron chi connectivity index (χ4n) is 2.26. The Kier molecular flexibility index (Phi) is 3.24. The molecule has 1 aliphatic rings. The molecular weight excluding hydrogens is 339 g/mol. The largest absolute Gasteiger partial charge is 0.126 e. The number of benzene rings is 1. The quantitative estimate of drug-likeness (QED) is 0.603. The van der Waals surface area contributed by atoms with Gasteiger partial charge in [0.1, 0.15) is 4.34 Å². The number of hydrogen-bond acceptors (Lipinski definition) is 1. The van der Waals surface area contributed by atoms with Crippen LogP contribution < -0.4 is 0 Å². The summed E-state index contributed by atoms with van der Waals surface area (Å²) in [6, 6.07) is 10.5. The minimum absolute atomic E-state index is 0.0266. The molecule has 2 unspecified atom stereocenters. The van der Waals surface area contributed by atoms with Crippen LogP contribution in [0.3, 0.4) is 0 Å². The third kappa shape index (κ3) is 2.06. The van der Waals surface area contributed by atoms with Crippen molar-refractivity contribution in [3.05, 3.63) is 55.1 Å². The first-order chi connectivity index (χ1) is 8.16. The average Bonchev–Trinajstić information content (AvgIpc) is 2.61. The van der Waals surface area contributed by atoms with Crippen LogP contribution in [-0.4, -0.2) is 0 Å². The lowest BCUT2D eigenvalue weighted by Gasteiger charge is -2.33. The Hall–Kier alpha value is -0.0200. The van der Waals surface area contributed by atoms with E-state index in [9.17, 15) is 0 Å². The highest BCUT2D eigenvalue weighted by atomic mass is 79.9. The number of fused-ring (bicyclic) bond motifs is 1. The Morgan fingerprint density at radius 1 is 1.35 bits per heavy atom. The summed E-state index contributed by atoms with van der Waals surface area (Å²) in [6.07, 6.45) is 1.07. The molecule has 0 N–H and O–H groups in total. The van der Waals surface area contributed by atoms with E-state index >= 15 is 0 Å². The zero-order valence-corrected chi connectivity index (χ0v) is 12.7. The molecule has 1 aromatic heterocycles. The Morgan fingerprint density at radius 3 is 2.76 bits per heavy atom. The number of rotatable bonds is 2. The summed E-state index contributed by atoms with van der Waals surface area (Å²) in [5.41, 5.74) is 2.80. The molecule has 0 saturated carbocycles. The lowest BCUT2D eigenvalue weighted by atomic mass is 9.75. The van der Waals surface area contributed by atoms with Crippen molar-refractivity contribution in [2.24, 2.45) is 0 Å². The minimum atomic E-state index is 0.0266. The zero-order chi connectivity index (χ0) is 12.0. The smallest absolute Gasteiger partial charge is 0.107 e. The van der Waals surface area contributed by atoms with Gasteiger partial charge in [-0.2, -0.15) is 0 Å². The van der Waals surface area contributed by atoms with Gasteiger partial charge in [0.25, 0.3) is 0 Å². The molecule has 1 heterocycles. The van der Waals surface area contributed by atoms with E-state index in [0.29, 0.717) is 5.92 Å². The monoisotopic (exact) mass is 346 g/mol. The van der Waals surface area contributed by atoms with Gasteiger partial charge in [0, 0.05) is 15.3 Å². The van der Waals surface area contributed by atoms with Gasteiger partial charge in [-0.15, -0.1) is 22.9 Å². The second-order valence-electron chi connectivity index (χ2n) is 4.18. The molecule has 0 nitrogen and oxygen atoms in total. The topological polar surface area (TPSA) is 0 Å². The lowest BCUT2D eigenvalue weighted by Crippen LogP contribution is -2.20. The summed E-state index contributed by atoms with van der Waals surface area (Å²) < 4.78 is 1.72. The van der Waals surface area contributed by atoms with Crippen molar-refractivity contribution in [1.82, 2.24) is 0 Å². The maximum atomic E-state index is 6.55. The van der Waals surface area contributed by atoms with Gasteiger partial charge in [-0.3, -0.25) is 0 Å². The summed E-state index contributed by atoms with van der Waals surface area (Å²) in [4.78, 5) is 1.14. The van der Waals surface area contributed by atoms with Crippen LogP contribution in [0.15, 0.2) is 34.8 Å². The Labute approximate surface area is 123 Å². The van der Waals surface area contributed by atoms with Gasteiger partial charge in [0.05, 0.1) is 5.38 Å². The van der Waals surface area contributed by atoms with Gasteiger partial charge in [-0.05, 0) is 39.5 Å². The molecular formula is C13H9BrCl2S. The summed E-state index contributed by atoms with van der Waals surface area (Å²) in [7, 11) is 0. The summed E-state index contributed by atoms with van der Waals surface area (Å²) in [5, 5.41) is 0.0266. The van der Waals surface area contributed by atoms with Crippen molar-refractivity contribution in [2.45, 2.75) is 17.7 Å². The van der Waals surface area contributed by atoms with Crippen LogP contribution in [-0.2, 0) is 6.42 Å². The SMILES string of the molecule is Clc1sc(C(Cl)C2Cc3ccccc32)cc1Br. The highest BCUT2D eigenvalue weighted by Crippen LogP contribution is 2.49. The van der Waals surface area contributed by atoms with Crippen LogP contribution in [0.2, 0.25) is 4.34 Å². The standard InChI is InChI=1S/C13H9BrCl2S/c14-10-6-11(17-13(10)16)12(15)9-5-7-3-1-2-4-8(7)9/h1-4,6,9,12H,5H2. The van der Waals surface area contributed by atoms with Gasteiger partial charge in [-0.25, -0.2) is 0 Å². The van der Waals surface area contributed by atoms with E-state index < -0.39 is 0 Å². The van der Waals surface area contributed by atoms with Crippen LogP contribution in [0.25, 0.3) is 0 Å². The molecule has 0 radical (unpaired) electrons. The van der Waals surface area contributed by atoms with E-state index in [4.69, 9.17) is 23.2 Å². The molecule has 17 heavy (non-hydrogen) atoms. The van der Waals surface area contributed by atoms with E-state index in [1.807, 2.05) is 6.07 Å². The second kappa shape index (κ2) is 4.58. The first-order valence-corrected chi connectivity index (χ1v) is 7.76. The molecule has 1 aromatic carbocycles. The molecule has 2 atom stereocenters. The molecule has 4 heteroatoms. The predicted octanol–water partition coefficient (Wildman–Crippen LogP) is 5.78. The average molecular weight is 348 g/mol. The van der Waals surface area contributed by atoms with Crippen molar-refractivity contribution in [1.29, 1.82) is 0 Å². The molecule has 0 spiro atoms. The van der Waals surface area contributed by atoms with Crippen molar-refractivity contribution in [3.63, 3.8) is 0 Å². The summed E-state index contributed by atoms with van der Waals surface area (Å²) >= 11 is 17.6. The van der Waals surface area contributed by atoms with Crippen LogP contribution in [0, 0.1) is 0 Å². The predicted molar refractivity (Wildman–Crippen MR) is 78.5 cm³/mol. The third-order valence-electron chi connectivity index (χ3n) is 3.18. The van der Waals surface area contributed by atoms with Crippen LogP contribution in [0.1, 0.15) is 27.3 Å². The van der Waals surface area contributed by atoms with Gasteiger partial charge in [0.2, 0.25) is 0 Å².